The second-order valence-electron chi connectivity index (χ2n) is 16.3. The standard InChI is InChI=1S/C45H49F3N6O5/c1-44(2,58)33-25-35-31(23-36(33)50-42(56)34-14-10-17-39(49-34)45(46,47)48)27-54(52-35)32-20-18-28(19-21-32)26-53(3)22-8-4-5-11-29-12-6-7-15-37(29)59-38-16-9-13-30-24-40(55)51-43(57)41(30)38/h6-7,9-10,12-17,23,25,27-28,32,58H,4-5,8,11,18-22,24,26H2,1-3H3,(H,50,56)(H,51,55,57)/t28-,32-. The minimum atomic E-state index is -4.69. The number of amides is 3. The lowest BCUT2D eigenvalue weighted by Crippen LogP contribution is -2.37. The van der Waals surface area contributed by atoms with Gasteiger partial charge in [0.2, 0.25) is 5.91 Å². The van der Waals surface area contributed by atoms with Crippen molar-refractivity contribution in [3.05, 3.63) is 113 Å². The normalized spacial score (nSPS) is 17.2. The third kappa shape index (κ3) is 9.99. The fraction of sp³-hybridized carbons (Fsp3) is 0.400. The van der Waals surface area contributed by atoms with E-state index in [1.54, 1.807) is 44.2 Å². The summed E-state index contributed by atoms with van der Waals surface area (Å²) in [4.78, 5) is 43.4. The van der Waals surface area contributed by atoms with Crippen molar-refractivity contribution in [2.45, 2.75) is 89.5 Å². The highest BCUT2D eigenvalue weighted by Crippen LogP contribution is 2.37. The molecule has 3 amide bonds. The molecule has 1 aliphatic carbocycles. The summed E-state index contributed by atoms with van der Waals surface area (Å²) in [5, 5.41) is 21.6. The largest absolute Gasteiger partial charge is 0.456 e. The number of fused-ring (bicyclic) bond motifs is 2. The van der Waals surface area contributed by atoms with Crippen LogP contribution in [-0.4, -0.2) is 62.6 Å². The first-order chi connectivity index (χ1) is 28.1. The molecule has 0 bridgehead atoms. The SMILES string of the molecule is CN(CCCCCc1ccccc1Oc1cccc2c1C(=O)NC(=O)C2)C[C@H]1CC[C@H](n2cc3cc(NC(=O)c4cccc(C(F)(F)F)n4)c(C(C)(C)O)cc3n2)CC1. The number of ether oxygens (including phenoxy) is 1. The zero-order valence-electron chi connectivity index (χ0n) is 33.4. The van der Waals surface area contributed by atoms with Crippen molar-refractivity contribution in [2.24, 2.45) is 5.92 Å². The van der Waals surface area contributed by atoms with E-state index >= 15 is 0 Å². The molecule has 1 aliphatic heterocycles. The lowest BCUT2D eigenvalue weighted by molar-refractivity contribution is -0.141. The lowest BCUT2D eigenvalue weighted by atomic mass is 9.86. The number of aromatic nitrogens is 3. The monoisotopic (exact) mass is 810 g/mol. The number of carbonyl (C=O) groups is 3. The second kappa shape index (κ2) is 17.3. The number of hydrogen-bond donors (Lipinski definition) is 3. The molecule has 310 valence electrons. The van der Waals surface area contributed by atoms with Crippen LogP contribution in [0.2, 0.25) is 0 Å². The van der Waals surface area contributed by atoms with Crippen LogP contribution in [0.1, 0.15) is 108 Å². The van der Waals surface area contributed by atoms with E-state index in [2.05, 4.69) is 33.6 Å². The fourth-order valence-corrected chi connectivity index (χ4v) is 8.19. The van der Waals surface area contributed by atoms with E-state index < -0.39 is 29.3 Å². The van der Waals surface area contributed by atoms with Gasteiger partial charge in [-0.25, -0.2) is 4.98 Å². The number of unbranched alkanes of at least 4 members (excludes halogenated alkanes) is 2. The molecule has 2 aliphatic rings. The zero-order valence-corrected chi connectivity index (χ0v) is 33.4. The molecule has 7 rings (SSSR count). The van der Waals surface area contributed by atoms with E-state index in [0.717, 1.165) is 87.5 Å². The summed E-state index contributed by atoms with van der Waals surface area (Å²) in [5.74, 6) is 0.174. The Hall–Kier alpha value is -5.60. The van der Waals surface area contributed by atoms with Crippen LogP contribution in [0.15, 0.2) is 79.0 Å². The predicted molar refractivity (Wildman–Crippen MR) is 217 cm³/mol. The molecular formula is C45H49F3N6O5. The number of alkyl halides is 3. The van der Waals surface area contributed by atoms with Crippen LogP contribution in [0, 0.1) is 5.92 Å². The first-order valence-corrected chi connectivity index (χ1v) is 20.1. The molecule has 59 heavy (non-hydrogen) atoms. The molecule has 1 saturated carbocycles. The van der Waals surface area contributed by atoms with Gasteiger partial charge < -0.3 is 20.1 Å². The summed E-state index contributed by atoms with van der Waals surface area (Å²) >= 11 is 0. The minimum Gasteiger partial charge on any atom is -0.456 e. The van der Waals surface area contributed by atoms with Crippen molar-refractivity contribution in [3.63, 3.8) is 0 Å². The molecule has 5 aromatic rings. The second-order valence-corrected chi connectivity index (χ2v) is 16.3. The molecule has 0 saturated heterocycles. The molecule has 11 nitrogen and oxygen atoms in total. The van der Waals surface area contributed by atoms with Crippen molar-refractivity contribution in [1.82, 2.24) is 25.0 Å². The summed E-state index contributed by atoms with van der Waals surface area (Å²) in [5.41, 5.74) is 0.550. The van der Waals surface area contributed by atoms with Gasteiger partial charge >= 0.3 is 6.18 Å². The van der Waals surface area contributed by atoms with E-state index in [0.29, 0.717) is 39.6 Å². The Morgan fingerprint density at radius 1 is 0.966 bits per heavy atom. The fourth-order valence-electron chi connectivity index (χ4n) is 8.19. The molecule has 1 fully saturated rings. The molecule has 0 spiro atoms. The molecule has 3 aromatic carbocycles. The van der Waals surface area contributed by atoms with Gasteiger partial charge in [0.1, 0.15) is 22.9 Å². The molecule has 0 radical (unpaired) electrons. The Kier molecular flexibility index (Phi) is 12.2. The Morgan fingerprint density at radius 2 is 1.71 bits per heavy atom. The first kappa shape index (κ1) is 41.6. The highest BCUT2D eigenvalue weighted by Gasteiger charge is 2.33. The molecule has 14 heteroatoms. The maximum atomic E-state index is 13.2. The van der Waals surface area contributed by atoms with Gasteiger partial charge in [0.25, 0.3) is 11.8 Å². The average molecular weight is 811 g/mol. The number of imide groups is 1. The van der Waals surface area contributed by atoms with Crippen LogP contribution in [0.3, 0.4) is 0 Å². The van der Waals surface area contributed by atoms with Crippen molar-refractivity contribution < 1.29 is 37.4 Å². The quantitative estimate of drug-likeness (QED) is 0.0749. The molecule has 0 atom stereocenters. The summed E-state index contributed by atoms with van der Waals surface area (Å²) in [6, 6.07) is 20.0. The molecule has 0 unspecified atom stereocenters. The summed E-state index contributed by atoms with van der Waals surface area (Å²) in [7, 11) is 2.18. The van der Waals surface area contributed by atoms with E-state index in [9.17, 15) is 32.7 Å². The number of aliphatic hydroxyl groups is 1. The number of hydrogen-bond acceptors (Lipinski definition) is 8. The van der Waals surface area contributed by atoms with E-state index in [-0.39, 0.29) is 29.8 Å². The number of para-hydroxylation sites is 1. The Morgan fingerprint density at radius 3 is 2.47 bits per heavy atom. The third-order valence-corrected chi connectivity index (χ3v) is 11.2. The number of carbonyl (C=O) groups excluding carboxylic acids is 3. The summed E-state index contributed by atoms with van der Waals surface area (Å²) < 4.78 is 48.0. The topological polar surface area (TPSA) is 139 Å². The number of halogens is 3. The molecule has 3 heterocycles. The van der Waals surface area contributed by atoms with Gasteiger partial charge in [-0.2, -0.15) is 18.3 Å². The van der Waals surface area contributed by atoms with Crippen molar-refractivity contribution in [3.8, 4) is 11.5 Å². The van der Waals surface area contributed by atoms with Crippen molar-refractivity contribution >= 4 is 34.3 Å². The van der Waals surface area contributed by atoms with Crippen LogP contribution in [0.25, 0.3) is 10.9 Å². The maximum Gasteiger partial charge on any atom is 0.433 e. The van der Waals surface area contributed by atoms with Crippen LogP contribution in [-0.2, 0) is 29.4 Å². The first-order valence-electron chi connectivity index (χ1n) is 20.1. The minimum absolute atomic E-state index is 0.150. The average Bonchev–Trinajstić information content (AvgIpc) is 3.61. The maximum absolute atomic E-state index is 13.2. The summed E-state index contributed by atoms with van der Waals surface area (Å²) in [6.45, 7) is 5.17. The van der Waals surface area contributed by atoms with Gasteiger partial charge in [-0.05, 0) is 126 Å². The Labute approximate surface area is 341 Å². The third-order valence-electron chi connectivity index (χ3n) is 11.2. The number of benzene rings is 3. The van der Waals surface area contributed by atoms with Crippen molar-refractivity contribution in [2.75, 3.05) is 25.5 Å². The van der Waals surface area contributed by atoms with Crippen LogP contribution in [0.5, 0.6) is 11.5 Å². The van der Waals surface area contributed by atoms with E-state index in [1.165, 1.54) is 6.07 Å². The van der Waals surface area contributed by atoms with E-state index in [1.807, 2.05) is 29.1 Å². The molecular weight excluding hydrogens is 762 g/mol. The van der Waals surface area contributed by atoms with Crippen LogP contribution < -0.4 is 15.4 Å². The Bertz CT molecular complexity index is 2340. The highest BCUT2D eigenvalue weighted by molar-refractivity contribution is 6.11. The number of nitrogens with one attached hydrogen (secondary N) is 2. The lowest BCUT2D eigenvalue weighted by Gasteiger charge is -2.31. The smallest absolute Gasteiger partial charge is 0.433 e. The van der Waals surface area contributed by atoms with Gasteiger partial charge in [0, 0.05) is 29.4 Å². The van der Waals surface area contributed by atoms with Gasteiger partial charge in [-0.3, -0.25) is 24.4 Å². The zero-order chi connectivity index (χ0) is 41.9. The van der Waals surface area contributed by atoms with Crippen LogP contribution >= 0.6 is 0 Å². The van der Waals surface area contributed by atoms with Gasteiger partial charge in [-0.1, -0.05) is 42.8 Å². The summed E-state index contributed by atoms with van der Waals surface area (Å²) in [6.07, 6.45) is 5.41. The number of rotatable bonds is 14. The molecule has 2 aromatic heterocycles. The highest BCUT2D eigenvalue weighted by atomic mass is 19.4. The number of anilines is 1. The number of nitrogens with zero attached hydrogens (tertiary/aromatic N) is 4. The van der Waals surface area contributed by atoms with Gasteiger partial charge in [0.15, 0.2) is 0 Å². The van der Waals surface area contributed by atoms with Crippen molar-refractivity contribution in [1.29, 1.82) is 0 Å². The Balaban J connectivity index is 0.885. The van der Waals surface area contributed by atoms with Crippen LogP contribution in [0.4, 0.5) is 18.9 Å². The van der Waals surface area contributed by atoms with Gasteiger partial charge in [0.05, 0.1) is 29.1 Å². The number of aryl methyl sites for hydroxylation is 1. The predicted octanol–water partition coefficient (Wildman–Crippen LogP) is 8.61. The van der Waals surface area contributed by atoms with Gasteiger partial charge in [-0.15, -0.1) is 0 Å². The molecule has 3 N–H and O–H groups in total. The van der Waals surface area contributed by atoms with E-state index in [4.69, 9.17) is 9.84 Å². The number of pyridine rings is 1.